The lowest BCUT2D eigenvalue weighted by molar-refractivity contribution is 0.425. The number of hydrogen-bond donors (Lipinski definition) is 1. The van der Waals surface area contributed by atoms with E-state index in [0.717, 1.165) is 52.7 Å². The van der Waals surface area contributed by atoms with Crippen LogP contribution in [0.3, 0.4) is 0 Å². The smallest absolute Gasteiger partial charge is 0.151 e. The summed E-state index contributed by atoms with van der Waals surface area (Å²) in [6.07, 6.45) is 5.14. The summed E-state index contributed by atoms with van der Waals surface area (Å²) in [4.78, 5) is 14.9. The molecular weight excluding hydrogens is 358 g/mol. The van der Waals surface area contributed by atoms with Crippen LogP contribution in [0.25, 0.3) is 21.5 Å². The number of aromatic nitrogens is 5. The number of anilines is 2. The first-order valence-corrected chi connectivity index (χ1v) is 9.66. The van der Waals surface area contributed by atoms with Gasteiger partial charge in [0.25, 0.3) is 0 Å². The maximum absolute atomic E-state index is 4.38. The number of rotatable bonds is 5. The molecule has 0 aliphatic carbocycles. The molecule has 5 heterocycles. The predicted octanol–water partition coefficient (Wildman–Crippen LogP) is 3.09. The van der Waals surface area contributed by atoms with Crippen molar-refractivity contribution in [2.75, 3.05) is 29.9 Å². The monoisotopic (exact) mass is 375 g/mol. The number of nitrogens with one attached hydrogen (secondary N) is 1. The maximum atomic E-state index is 4.38. The van der Waals surface area contributed by atoms with Gasteiger partial charge in [0.05, 0.1) is 15.9 Å². The first kappa shape index (κ1) is 16.1. The second kappa shape index (κ2) is 6.88. The van der Waals surface area contributed by atoms with Crippen LogP contribution in [0.1, 0.15) is 0 Å². The molecule has 0 atom stereocenters. The van der Waals surface area contributed by atoms with Crippen molar-refractivity contribution in [2.24, 2.45) is 5.92 Å². The third-order valence-corrected chi connectivity index (χ3v) is 5.62. The molecule has 0 aromatic carbocycles. The molecule has 0 amide bonds. The van der Waals surface area contributed by atoms with Crippen molar-refractivity contribution in [3.8, 4) is 11.3 Å². The van der Waals surface area contributed by atoms with Crippen LogP contribution in [-0.2, 0) is 0 Å². The molecule has 0 saturated carbocycles. The van der Waals surface area contributed by atoms with Crippen molar-refractivity contribution in [1.29, 1.82) is 0 Å². The van der Waals surface area contributed by atoms with Crippen molar-refractivity contribution < 1.29 is 0 Å². The lowest BCUT2D eigenvalue weighted by Gasteiger charge is -2.40. The summed E-state index contributed by atoms with van der Waals surface area (Å²) in [6.45, 7) is 2.83. The number of pyridine rings is 1. The van der Waals surface area contributed by atoms with E-state index in [-0.39, 0.29) is 0 Å². The SMILES string of the molecule is c1cc(-c2ccc(N3CC(CNc4ncnc5ccsc45)C3)nn2)ccn1. The summed E-state index contributed by atoms with van der Waals surface area (Å²) >= 11 is 1.67. The van der Waals surface area contributed by atoms with Gasteiger partial charge in [-0.05, 0) is 35.7 Å². The van der Waals surface area contributed by atoms with Crippen LogP contribution in [-0.4, -0.2) is 44.8 Å². The fourth-order valence-electron chi connectivity index (χ4n) is 3.21. The summed E-state index contributed by atoms with van der Waals surface area (Å²) in [5.74, 6) is 2.42. The fraction of sp³-hybridized carbons (Fsp3) is 0.211. The first-order valence-electron chi connectivity index (χ1n) is 8.78. The second-order valence-electron chi connectivity index (χ2n) is 6.52. The molecule has 0 bridgehead atoms. The number of fused-ring (bicyclic) bond motifs is 1. The Labute approximate surface area is 160 Å². The highest BCUT2D eigenvalue weighted by Gasteiger charge is 2.28. The van der Waals surface area contributed by atoms with E-state index in [4.69, 9.17) is 0 Å². The second-order valence-corrected chi connectivity index (χ2v) is 7.44. The number of nitrogens with zero attached hydrogens (tertiary/aromatic N) is 6. The highest BCUT2D eigenvalue weighted by molar-refractivity contribution is 7.17. The third kappa shape index (κ3) is 3.19. The molecule has 0 unspecified atom stereocenters. The van der Waals surface area contributed by atoms with E-state index < -0.39 is 0 Å². The van der Waals surface area contributed by atoms with Crippen molar-refractivity contribution in [2.45, 2.75) is 0 Å². The molecule has 0 radical (unpaired) electrons. The van der Waals surface area contributed by atoms with Crippen LogP contribution in [0.4, 0.5) is 11.6 Å². The van der Waals surface area contributed by atoms with Gasteiger partial charge in [-0.2, -0.15) is 0 Å². The highest BCUT2D eigenvalue weighted by Crippen LogP contribution is 2.27. The summed E-state index contributed by atoms with van der Waals surface area (Å²) in [5.41, 5.74) is 2.89. The van der Waals surface area contributed by atoms with Gasteiger partial charge in [0.15, 0.2) is 5.82 Å². The molecule has 4 aromatic rings. The summed E-state index contributed by atoms with van der Waals surface area (Å²) in [6, 6.07) is 9.94. The van der Waals surface area contributed by atoms with Gasteiger partial charge in [-0.25, -0.2) is 9.97 Å². The molecule has 8 heteroatoms. The Morgan fingerprint density at radius 2 is 1.93 bits per heavy atom. The summed E-state index contributed by atoms with van der Waals surface area (Å²) < 4.78 is 1.12. The minimum atomic E-state index is 0.566. The van der Waals surface area contributed by atoms with E-state index in [1.165, 1.54) is 0 Å². The highest BCUT2D eigenvalue weighted by atomic mass is 32.1. The average Bonchev–Trinajstić information content (AvgIpc) is 3.17. The van der Waals surface area contributed by atoms with Gasteiger partial charge in [0, 0.05) is 43.5 Å². The first-order chi connectivity index (χ1) is 13.4. The van der Waals surface area contributed by atoms with Gasteiger partial charge in [-0.15, -0.1) is 21.5 Å². The molecule has 1 fully saturated rings. The largest absolute Gasteiger partial charge is 0.368 e. The predicted molar refractivity (Wildman–Crippen MR) is 107 cm³/mol. The zero-order valence-electron chi connectivity index (χ0n) is 14.5. The van der Waals surface area contributed by atoms with Crippen LogP contribution in [0.5, 0.6) is 0 Å². The van der Waals surface area contributed by atoms with Crippen LogP contribution in [0, 0.1) is 5.92 Å². The topological polar surface area (TPSA) is 79.7 Å². The van der Waals surface area contributed by atoms with Crippen molar-refractivity contribution in [3.05, 3.63) is 54.4 Å². The Kier molecular flexibility index (Phi) is 4.10. The van der Waals surface area contributed by atoms with Gasteiger partial charge in [-0.1, -0.05) is 0 Å². The molecule has 0 spiro atoms. The molecule has 5 rings (SSSR count). The third-order valence-electron chi connectivity index (χ3n) is 4.71. The van der Waals surface area contributed by atoms with Crippen molar-refractivity contribution >= 4 is 33.2 Å². The normalized spacial score (nSPS) is 14.3. The molecule has 134 valence electrons. The fourth-order valence-corrected chi connectivity index (χ4v) is 4.02. The van der Waals surface area contributed by atoms with Crippen molar-refractivity contribution in [1.82, 2.24) is 25.1 Å². The Hall–Kier alpha value is -3.13. The van der Waals surface area contributed by atoms with E-state index in [9.17, 15) is 0 Å². The van der Waals surface area contributed by atoms with E-state index in [2.05, 4.69) is 35.4 Å². The number of thiophene rings is 1. The molecule has 7 nitrogen and oxygen atoms in total. The van der Waals surface area contributed by atoms with E-state index in [1.54, 1.807) is 30.1 Å². The average molecular weight is 375 g/mol. The lowest BCUT2D eigenvalue weighted by Crippen LogP contribution is -2.50. The number of hydrogen-bond acceptors (Lipinski definition) is 8. The van der Waals surface area contributed by atoms with E-state index in [0.29, 0.717) is 5.92 Å². The molecule has 4 aromatic heterocycles. The van der Waals surface area contributed by atoms with Gasteiger partial charge < -0.3 is 10.2 Å². The Morgan fingerprint density at radius 1 is 1.04 bits per heavy atom. The van der Waals surface area contributed by atoms with Gasteiger partial charge in [-0.3, -0.25) is 4.98 Å². The van der Waals surface area contributed by atoms with Gasteiger partial charge in [0.1, 0.15) is 12.1 Å². The molecule has 1 N–H and O–H groups in total. The van der Waals surface area contributed by atoms with Crippen molar-refractivity contribution in [3.63, 3.8) is 0 Å². The van der Waals surface area contributed by atoms with Crippen LogP contribution < -0.4 is 10.2 Å². The minimum absolute atomic E-state index is 0.566. The minimum Gasteiger partial charge on any atom is -0.368 e. The molecule has 27 heavy (non-hydrogen) atoms. The van der Waals surface area contributed by atoms with Gasteiger partial charge in [0.2, 0.25) is 0 Å². The van der Waals surface area contributed by atoms with Gasteiger partial charge >= 0.3 is 0 Å². The maximum Gasteiger partial charge on any atom is 0.151 e. The molecule has 1 aliphatic heterocycles. The summed E-state index contributed by atoms with van der Waals surface area (Å²) in [7, 11) is 0. The van der Waals surface area contributed by atoms with Crippen LogP contribution in [0.15, 0.2) is 54.4 Å². The zero-order valence-corrected chi connectivity index (χ0v) is 15.3. The zero-order chi connectivity index (χ0) is 18.1. The van der Waals surface area contributed by atoms with Crippen LogP contribution in [0.2, 0.25) is 0 Å². The summed E-state index contributed by atoms with van der Waals surface area (Å²) in [5, 5.41) is 14.2. The van der Waals surface area contributed by atoms with Crippen LogP contribution >= 0.6 is 11.3 Å². The molecule has 1 saturated heterocycles. The van der Waals surface area contributed by atoms with E-state index in [1.807, 2.05) is 35.7 Å². The Balaban J connectivity index is 1.18. The Morgan fingerprint density at radius 3 is 2.74 bits per heavy atom. The Bertz CT molecular complexity index is 1040. The standard InChI is InChI=1S/C19H17N7S/c1-2-17(25-24-15(1)14-3-6-20-7-4-14)26-10-13(11-26)9-21-19-18-16(5-8-27-18)22-12-23-19/h1-8,12-13H,9-11H2,(H,21,22,23). The quantitative estimate of drug-likeness (QED) is 0.574. The lowest BCUT2D eigenvalue weighted by atomic mass is 10.0. The van der Waals surface area contributed by atoms with E-state index >= 15 is 0 Å². The molecular formula is C19H17N7S. The molecule has 1 aliphatic rings.